The van der Waals surface area contributed by atoms with E-state index in [4.69, 9.17) is 0 Å². The predicted molar refractivity (Wildman–Crippen MR) is 81.6 cm³/mol. The minimum atomic E-state index is 0.645. The Morgan fingerprint density at radius 2 is 2.11 bits per heavy atom. The Balaban J connectivity index is 2.00. The summed E-state index contributed by atoms with van der Waals surface area (Å²) in [6.07, 6.45) is 2.32. The van der Waals surface area contributed by atoms with Gasteiger partial charge in [0.1, 0.15) is 0 Å². The van der Waals surface area contributed by atoms with E-state index in [2.05, 4.69) is 59.4 Å². The maximum Gasteiger partial charge on any atom is 0.193 e. The average molecular weight is 259 g/mol. The van der Waals surface area contributed by atoms with E-state index < -0.39 is 0 Å². The molecule has 3 nitrogen and oxygen atoms in total. The third kappa shape index (κ3) is 3.72. The second-order valence-corrected chi connectivity index (χ2v) is 5.08. The molecule has 104 valence electrons. The van der Waals surface area contributed by atoms with Crippen molar-refractivity contribution in [3.8, 4) is 0 Å². The normalized spacial score (nSPS) is 19.8. The summed E-state index contributed by atoms with van der Waals surface area (Å²) in [5.74, 6) is 1.73. The van der Waals surface area contributed by atoms with E-state index >= 15 is 0 Å². The van der Waals surface area contributed by atoms with Crippen molar-refractivity contribution >= 4 is 5.96 Å². The van der Waals surface area contributed by atoms with E-state index in [1.54, 1.807) is 0 Å². The van der Waals surface area contributed by atoms with Gasteiger partial charge in [0.05, 0.1) is 0 Å². The summed E-state index contributed by atoms with van der Waals surface area (Å²) < 4.78 is 0. The average Bonchev–Trinajstić information content (AvgIpc) is 2.94. The number of nitrogens with zero attached hydrogens (tertiary/aromatic N) is 2. The molecule has 0 amide bonds. The molecule has 1 unspecified atom stereocenters. The predicted octanol–water partition coefficient (Wildman–Crippen LogP) is 2.85. The third-order valence-corrected chi connectivity index (χ3v) is 3.58. The summed E-state index contributed by atoms with van der Waals surface area (Å²) in [6.45, 7) is 8.34. The van der Waals surface area contributed by atoms with Gasteiger partial charge in [0, 0.05) is 32.1 Å². The molecule has 1 aromatic rings. The fraction of sp³-hybridized carbons (Fsp3) is 0.562. The van der Waals surface area contributed by atoms with Crippen molar-refractivity contribution in [2.75, 3.05) is 26.2 Å². The molecule has 1 heterocycles. The second-order valence-electron chi connectivity index (χ2n) is 5.08. The Hall–Kier alpha value is -1.51. The topological polar surface area (TPSA) is 27.6 Å². The van der Waals surface area contributed by atoms with E-state index in [0.29, 0.717) is 5.92 Å². The number of nitrogens with one attached hydrogen (secondary N) is 1. The zero-order chi connectivity index (χ0) is 13.5. The summed E-state index contributed by atoms with van der Waals surface area (Å²) in [4.78, 5) is 7.07. The fourth-order valence-corrected chi connectivity index (χ4v) is 2.59. The van der Waals surface area contributed by atoms with Gasteiger partial charge < -0.3 is 10.2 Å². The van der Waals surface area contributed by atoms with Crippen molar-refractivity contribution in [2.24, 2.45) is 4.99 Å². The van der Waals surface area contributed by atoms with Gasteiger partial charge in [-0.3, -0.25) is 4.99 Å². The number of rotatable bonds is 4. The van der Waals surface area contributed by atoms with E-state index in [0.717, 1.165) is 38.6 Å². The van der Waals surface area contributed by atoms with Crippen LogP contribution >= 0.6 is 0 Å². The van der Waals surface area contributed by atoms with Gasteiger partial charge in [-0.15, -0.1) is 0 Å². The molecule has 1 N–H and O–H groups in total. The van der Waals surface area contributed by atoms with Gasteiger partial charge in [-0.25, -0.2) is 0 Å². The smallest absolute Gasteiger partial charge is 0.193 e. The van der Waals surface area contributed by atoms with Gasteiger partial charge in [0.25, 0.3) is 0 Å². The molecule has 0 radical (unpaired) electrons. The van der Waals surface area contributed by atoms with Crippen molar-refractivity contribution in [3.63, 3.8) is 0 Å². The first-order chi connectivity index (χ1) is 9.35. The zero-order valence-corrected chi connectivity index (χ0v) is 12.1. The molecule has 0 spiro atoms. The van der Waals surface area contributed by atoms with Crippen LogP contribution in [0.25, 0.3) is 0 Å². The van der Waals surface area contributed by atoms with Crippen LogP contribution in [0.4, 0.5) is 0 Å². The van der Waals surface area contributed by atoms with Crippen molar-refractivity contribution in [1.82, 2.24) is 10.2 Å². The quantitative estimate of drug-likeness (QED) is 0.665. The van der Waals surface area contributed by atoms with Gasteiger partial charge in [0.15, 0.2) is 5.96 Å². The molecule has 1 aliphatic heterocycles. The Morgan fingerprint density at radius 3 is 2.79 bits per heavy atom. The molecule has 0 bridgehead atoms. The van der Waals surface area contributed by atoms with Crippen LogP contribution < -0.4 is 5.32 Å². The lowest BCUT2D eigenvalue weighted by molar-refractivity contribution is 0.486. The highest BCUT2D eigenvalue weighted by molar-refractivity contribution is 5.80. The van der Waals surface area contributed by atoms with Crippen LogP contribution in [0.1, 0.15) is 38.2 Å². The first kappa shape index (κ1) is 13.9. The van der Waals surface area contributed by atoms with Crippen molar-refractivity contribution in [3.05, 3.63) is 35.9 Å². The molecular formula is C16H25N3. The van der Waals surface area contributed by atoms with E-state index in [1.807, 2.05) is 0 Å². The van der Waals surface area contributed by atoms with Crippen molar-refractivity contribution < 1.29 is 0 Å². The Kier molecular flexibility index (Phi) is 5.25. The Labute approximate surface area is 116 Å². The van der Waals surface area contributed by atoms with Crippen LogP contribution in [0.15, 0.2) is 35.3 Å². The fourth-order valence-electron chi connectivity index (χ4n) is 2.59. The standard InChI is InChI=1S/C16H25N3/c1-3-11-18-16(17-4-2)19-12-10-15(13-19)14-8-6-5-7-9-14/h5-9,15H,3-4,10-13H2,1-2H3,(H,17,18). The van der Waals surface area contributed by atoms with Crippen LogP contribution in [0, 0.1) is 0 Å². The molecule has 1 aromatic carbocycles. The molecule has 1 atom stereocenters. The molecular weight excluding hydrogens is 234 g/mol. The van der Waals surface area contributed by atoms with Crippen LogP contribution in [0.5, 0.6) is 0 Å². The van der Waals surface area contributed by atoms with Crippen LogP contribution in [-0.2, 0) is 0 Å². The maximum absolute atomic E-state index is 4.67. The number of benzene rings is 1. The highest BCUT2D eigenvalue weighted by Crippen LogP contribution is 2.26. The van der Waals surface area contributed by atoms with Crippen LogP contribution in [0.3, 0.4) is 0 Å². The maximum atomic E-state index is 4.67. The Morgan fingerprint density at radius 1 is 1.32 bits per heavy atom. The van der Waals surface area contributed by atoms with E-state index in [-0.39, 0.29) is 0 Å². The number of aliphatic imine (C=N–C) groups is 1. The Bertz CT molecular complexity index is 400. The molecule has 3 heteroatoms. The number of hydrogen-bond donors (Lipinski definition) is 1. The summed E-state index contributed by atoms with van der Waals surface area (Å²) in [5.41, 5.74) is 1.45. The highest BCUT2D eigenvalue weighted by Gasteiger charge is 2.25. The lowest BCUT2D eigenvalue weighted by atomic mass is 9.99. The first-order valence-electron chi connectivity index (χ1n) is 7.43. The molecule has 1 aliphatic rings. The number of guanidine groups is 1. The molecule has 1 saturated heterocycles. The SMILES string of the molecule is CCCN=C(NCC)N1CCC(c2ccccc2)C1. The summed E-state index contributed by atoms with van der Waals surface area (Å²) in [7, 11) is 0. The molecule has 2 rings (SSSR count). The minimum Gasteiger partial charge on any atom is -0.357 e. The van der Waals surface area contributed by atoms with Gasteiger partial charge in [-0.05, 0) is 25.3 Å². The number of likely N-dealkylation sites (tertiary alicyclic amines) is 1. The number of hydrogen-bond acceptors (Lipinski definition) is 1. The minimum absolute atomic E-state index is 0.645. The third-order valence-electron chi connectivity index (χ3n) is 3.58. The highest BCUT2D eigenvalue weighted by atomic mass is 15.3. The largest absolute Gasteiger partial charge is 0.357 e. The summed E-state index contributed by atoms with van der Waals surface area (Å²) >= 11 is 0. The van der Waals surface area contributed by atoms with Crippen LogP contribution in [-0.4, -0.2) is 37.0 Å². The molecule has 0 saturated carbocycles. The molecule has 0 aromatic heterocycles. The van der Waals surface area contributed by atoms with E-state index in [9.17, 15) is 0 Å². The van der Waals surface area contributed by atoms with Gasteiger partial charge in [-0.1, -0.05) is 37.3 Å². The van der Waals surface area contributed by atoms with Gasteiger partial charge in [-0.2, -0.15) is 0 Å². The van der Waals surface area contributed by atoms with Crippen molar-refractivity contribution in [2.45, 2.75) is 32.6 Å². The molecule has 1 fully saturated rings. The van der Waals surface area contributed by atoms with Crippen LogP contribution in [0.2, 0.25) is 0 Å². The molecule has 0 aliphatic carbocycles. The second kappa shape index (κ2) is 7.17. The van der Waals surface area contributed by atoms with E-state index in [1.165, 1.54) is 12.0 Å². The first-order valence-corrected chi connectivity index (χ1v) is 7.43. The lowest BCUT2D eigenvalue weighted by Gasteiger charge is -2.21. The summed E-state index contributed by atoms with van der Waals surface area (Å²) in [6, 6.07) is 10.8. The zero-order valence-electron chi connectivity index (χ0n) is 12.1. The van der Waals surface area contributed by atoms with Gasteiger partial charge >= 0.3 is 0 Å². The lowest BCUT2D eigenvalue weighted by Crippen LogP contribution is -2.40. The molecule has 19 heavy (non-hydrogen) atoms. The monoisotopic (exact) mass is 259 g/mol. The van der Waals surface area contributed by atoms with Gasteiger partial charge in [0.2, 0.25) is 0 Å². The van der Waals surface area contributed by atoms with Crippen molar-refractivity contribution in [1.29, 1.82) is 0 Å². The summed E-state index contributed by atoms with van der Waals surface area (Å²) in [5, 5.41) is 3.41.